The van der Waals surface area contributed by atoms with Gasteiger partial charge in [0.15, 0.2) is 0 Å². The molecule has 0 aliphatic carbocycles. The van der Waals surface area contributed by atoms with Gasteiger partial charge in [0.1, 0.15) is 4.60 Å². The number of aromatic nitrogens is 1. The third kappa shape index (κ3) is 3.21. The molecule has 1 aromatic heterocycles. The monoisotopic (exact) mass is 436 g/mol. The highest BCUT2D eigenvalue weighted by atomic mass is 127. The summed E-state index contributed by atoms with van der Waals surface area (Å²) in [6.45, 7) is 0. The molecule has 92 valence electrons. The van der Waals surface area contributed by atoms with Crippen LogP contribution >= 0.6 is 50.1 Å². The third-order valence-electron chi connectivity index (χ3n) is 2.18. The molecule has 6 heteroatoms. The van der Waals surface area contributed by atoms with Crippen molar-refractivity contribution in [1.82, 2.24) is 4.98 Å². The van der Waals surface area contributed by atoms with Crippen molar-refractivity contribution in [1.29, 1.82) is 0 Å². The topological polar surface area (TPSA) is 42.0 Å². The van der Waals surface area contributed by atoms with Crippen LogP contribution in [0.15, 0.2) is 41.1 Å². The summed E-state index contributed by atoms with van der Waals surface area (Å²) in [5.41, 5.74) is 1.05. The Morgan fingerprint density at radius 3 is 2.83 bits per heavy atom. The normalized spacial score (nSPS) is 10.2. The first-order chi connectivity index (χ1) is 8.58. The Kier molecular flexibility index (Phi) is 4.58. The second kappa shape index (κ2) is 5.99. The summed E-state index contributed by atoms with van der Waals surface area (Å²) in [5.74, 6) is -0.252. The van der Waals surface area contributed by atoms with Crippen molar-refractivity contribution in [2.24, 2.45) is 0 Å². The van der Waals surface area contributed by atoms with E-state index in [9.17, 15) is 4.79 Å². The van der Waals surface area contributed by atoms with Crippen molar-refractivity contribution in [2.45, 2.75) is 0 Å². The summed E-state index contributed by atoms with van der Waals surface area (Å²) in [7, 11) is 0. The SMILES string of the molecule is O=C(Nc1ccc(I)cc1Cl)c1cccnc1Br. The largest absolute Gasteiger partial charge is 0.321 e. The lowest BCUT2D eigenvalue weighted by atomic mass is 10.2. The standard InChI is InChI=1S/C12H7BrClIN2O/c13-11-8(2-1-5-16-11)12(18)17-10-4-3-7(15)6-9(10)14/h1-6H,(H,17,18). The van der Waals surface area contributed by atoms with Crippen LogP contribution < -0.4 is 5.32 Å². The summed E-state index contributed by atoms with van der Waals surface area (Å²) in [4.78, 5) is 16.0. The molecule has 0 saturated carbocycles. The van der Waals surface area contributed by atoms with Crippen LogP contribution in [0.25, 0.3) is 0 Å². The highest BCUT2D eigenvalue weighted by Crippen LogP contribution is 2.25. The average Bonchev–Trinajstić information content (AvgIpc) is 2.33. The van der Waals surface area contributed by atoms with E-state index < -0.39 is 0 Å². The van der Waals surface area contributed by atoms with Crippen LogP contribution in [0.1, 0.15) is 10.4 Å². The van der Waals surface area contributed by atoms with Gasteiger partial charge in [-0.15, -0.1) is 0 Å². The van der Waals surface area contributed by atoms with E-state index >= 15 is 0 Å². The smallest absolute Gasteiger partial charge is 0.258 e. The third-order valence-corrected chi connectivity index (χ3v) is 3.80. The fourth-order valence-corrected chi connectivity index (χ4v) is 2.67. The van der Waals surface area contributed by atoms with Crippen LogP contribution in [0.5, 0.6) is 0 Å². The van der Waals surface area contributed by atoms with Crippen molar-refractivity contribution >= 4 is 61.7 Å². The number of carbonyl (C=O) groups is 1. The molecule has 1 amide bonds. The number of nitrogens with zero attached hydrogens (tertiary/aromatic N) is 1. The van der Waals surface area contributed by atoms with Crippen LogP contribution in [-0.2, 0) is 0 Å². The second-order valence-electron chi connectivity index (χ2n) is 3.42. The molecule has 0 fully saturated rings. The molecular weight excluding hydrogens is 430 g/mol. The molecule has 3 nitrogen and oxygen atoms in total. The van der Waals surface area contributed by atoms with Crippen molar-refractivity contribution in [2.75, 3.05) is 5.32 Å². The van der Waals surface area contributed by atoms with Gasteiger partial charge in [0.25, 0.3) is 5.91 Å². The molecule has 0 radical (unpaired) electrons. The van der Waals surface area contributed by atoms with E-state index in [0.29, 0.717) is 20.9 Å². The molecule has 0 atom stereocenters. The van der Waals surface area contributed by atoms with Crippen molar-refractivity contribution < 1.29 is 4.79 Å². The number of rotatable bonds is 2. The zero-order chi connectivity index (χ0) is 13.1. The number of pyridine rings is 1. The number of hydrogen-bond acceptors (Lipinski definition) is 2. The van der Waals surface area contributed by atoms with E-state index in [1.807, 2.05) is 6.07 Å². The minimum Gasteiger partial charge on any atom is -0.321 e. The van der Waals surface area contributed by atoms with Crippen LogP contribution in [-0.4, -0.2) is 10.9 Å². The molecule has 2 rings (SSSR count). The minimum atomic E-state index is -0.252. The predicted octanol–water partition coefficient (Wildman–Crippen LogP) is 4.35. The first-order valence-electron chi connectivity index (χ1n) is 4.95. The van der Waals surface area contributed by atoms with Gasteiger partial charge in [0.05, 0.1) is 16.3 Å². The van der Waals surface area contributed by atoms with E-state index in [2.05, 4.69) is 48.8 Å². The van der Waals surface area contributed by atoms with E-state index in [4.69, 9.17) is 11.6 Å². The second-order valence-corrected chi connectivity index (χ2v) is 5.82. The average molecular weight is 437 g/mol. The van der Waals surface area contributed by atoms with Crippen LogP contribution in [0.2, 0.25) is 5.02 Å². The van der Waals surface area contributed by atoms with Gasteiger partial charge in [-0.2, -0.15) is 0 Å². The Morgan fingerprint density at radius 1 is 1.39 bits per heavy atom. The maximum Gasteiger partial charge on any atom is 0.258 e. The fraction of sp³-hybridized carbons (Fsp3) is 0. The predicted molar refractivity (Wildman–Crippen MR) is 84.1 cm³/mol. The summed E-state index contributed by atoms with van der Waals surface area (Å²) in [6, 6.07) is 8.82. The maximum atomic E-state index is 12.0. The van der Waals surface area contributed by atoms with Gasteiger partial charge >= 0.3 is 0 Å². The molecule has 2 aromatic rings. The number of amides is 1. The summed E-state index contributed by atoms with van der Waals surface area (Å²) in [5, 5.41) is 3.26. The van der Waals surface area contributed by atoms with E-state index in [1.165, 1.54) is 0 Å². The highest BCUT2D eigenvalue weighted by molar-refractivity contribution is 14.1. The van der Waals surface area contributed by atoms with Gasteiger partial charge in [-0.3, -0.25) is 4.79 Å². The van der Waals surface area contributed by atoms with Crippen LogP contribution in [0.3, 0.4) is 0 Å². The van der Waals surface area contributed by atoms with Crippen LogP contribution in [0, 0.1) is 3.57 Å². The molecule has 0 spiro atoms. The Morgan fingerprint density at radius 2 is 2.17 bits per heavy atom. The molecule has 1 aromatic carbocycles. The minimum absolute atomic E-state index is 0.252. The lowest BCUT2D eigenvalue weighted by molar-refractivity contribution is 0.102. The summed E-state index contributed by atoms with van der Waals surface area (Å²) in [6.07, 6.45) is 1.61. The molecule has 0 unspecified atom stereocenters. The maximum absolute atomic E-state index is 12.0. The van der Waals surface area contributed by atoms with Crippen LogP contribution in [0.4, 0.5) is 5.69 Å². The Balaban J connectivity index is 2.24. The Hall–Kier alpha value is -0.660. The van der Waals surface area contributed by atoms with Gasteiger partial charge in [-0.05, 0) is 68.9 Å². The number of carbonyl (C=O) groups excluding carboxylic acids is 1. The van der Waals surface area contributed by atoms with E-state index in [1.54, 1.807) is 30.5 Å². The molecule has 0 aliphatic rings. The van der Waals surface area contributed by atoms with E-state index in [0.717, 1.165) is 3.57 Å². The zero-order valence-corrected chi connectivity index (χ0v) is 13.5. The summed E-state index contributed by atoms with van der Waals surface area (Å²) < 4.78 is 1.52. The van der Waals surface area contributed by atoms with Crippen molar-refractivity contribution in [3.8, 4) is 0 Å². The number of benzene rings is 1. The lowest BCUT2D eigenvalue weighted by Crippen LogP contribution is -2.13. The number of anilines is 1. The van der Waals surface area contributed by atoms with Gasteiger partial charge < -0.3 is 5.32 Å². The number of nitrogens with one attached hydrogen (secondary N) is 1. The molecular formula is C12H7BrClIN2O. The lowest BCUT2D eigenvalue weighted by Gasteiger charge is -2.08. The summed E-state index contributed by atoms with van der Waals surface area (Å²) >= 11 is 11.4. The molecule has 18 heavy (non-hydrogen) atoms. The highest BCUT2D eigenvalue weighted by Gasteiger charge is 2.12. The molecule has 0 saturated heterocycles. The van der Waals surface area contributed by atoms with Gasteiger partial charge in [-0.1, -0.05) is 11.6 Å². The molecule has 0 aliphatic heterocycles. The number of halogens is 3. The van der Waals surface area contributed by atoms with Crippen molar-refractivity contribution in [3.05, 3.63) is 55.3 Å². The first-order valence-corrected chi connectivity index (χ1v) is 7.20. The fourth-order valence-electron chi connectivity index (χ4n) is 1.34. The molecule has 1 heterocycles. The van der Waals surface area contributed by atoms with E-state index in [-0.39, 0.29) is 5.91 Å². The quantitative estimate of drug-likeness (QED) is 0.561. The van der Waals surface area contributed by atoms with Crippen molar-refractivity contribution in [3.63, 3.8) is 0 Å². The molecule has 0 bridgehead atoms. The zero-order valence-electron chi connectivity index (χ0n) is 8.95. The van der Waals surface area contributed by atoms with Gasteiger partial charge in [0, 0.05) is 9.77 Å². The first kappa shape index (κ1) is 13.8. The Bertz CT molecular complexity index is 606. The van der Waals surface area contributed by atoms with Gasteiger partial charge in [0.2, 0.25) is 0 Å². The molecule has 1 N–H and O–H groups in total. The Labute approximate surface area is 131 Å². The van der Waals surface area contributed by atoms with Gasteiger partial charge in [-0.25, -0.2) is 4.98 Å². The number of hydrogen-bond donors (Lipinski definition) is 1.